The summed E-state index contributed by atoms with van der Waals surface area (Å²) in [6, 6.07) is 1.16. The Morgan fingerprint density at radius 1 is 1.56 bits per heavy atom. The maximum absolute atomic E-state index is 12.0. The van der Waals surface area contributed by atoms with E-state index in [1.54, 1.807) is 20.0 Å². The summed E-state index contributed by atoms with van der Waals surface area (Å²) >= 11 is 0. The molecule has 1 aliphatic rings. The summed E-state index contributed by atoms with van der Waals surface area (Å²) in [5.41, 5.74) is 1.14. The van der Waals surface area contributed by atoms with Gasteiger partial charge in [0.15, 0.2) is 0 Å². The number of carbonyl (C=O) groups is 2. The Hall–Kier alpha value is -1.89. The van der Waals surface area contributed by atoms with Crippen LogP contribution in [0.3, 0.4) is 0 Å². The van der Waals surface area contributed by atoms with Crippen molar-refractivity contribution in [1.29, 1.82) is 0 Å². The maximum atomic E-state index is 12.0. The van der Waals surface area contributed by atoms with E-state index in [1.165, 1.54) is 4.68 Å². The highest BCUT2D eigenvalue weighted by Gasteiger charge is 2.35. The van der Waals surface area contributed by atoms with Crippen LogP contribution in [0.2, 0.25) is 0 Å². The van der Waals surface area contributed by atoms with E-state index in [0.717, 1.165) is 5.69 Å². The standard InChI is InChI=1S/C11H15N3O4/c1-6-3-9(14(2)13-6)10(15)12-8-5-18-4-7(8)11(16)17/h3,7-8H,4-5H2,1-2H3,(H,12,15)(H,16,17). The van der Waals surface area contributed by atoms with Gasteiger partial charge in [-0.05, 0) is 13.0 Å². The lowest BCUT2D eigenvalue weighted by Gasteiger charge is -2.15. The van der Waals surface area contributed by atoms with E-state index in [9.17, 15) is 9.59 Å². The fraction of sp³-hybridized carbons (Fsp3) is 0.545. The van der Waals surface area contributed by atoms with Gasteiger partial charge in [0.2, 0.25) is 0 Å². The monoisotopic (exact) mass is 253 g/mol. The fourth-order valence-electron chi connectivity index (χ4n) is 2.01. The number of hydrogen-bond acceptors (Lipinski definition) is 4. The second kappa shape index (κ2) is 4.77. The van der Waals surface area contributed by atoms with E-state index in [2.05, 4.69) is 10.4 Å². The van der Waals surface area contributed by atoms with Crippen LogP contribution >= 0.6 is 0 Å². The van der Waals surface area contributed by atoms with Crippen molar-refractivity contribution < 1.29 is 19.4 Å². The van der Waals surface area contributed by atoms with Gasteiger partial charge in [0.05, 0.1) is 24.9 Å². The lowest BCUT2D eigenvalue weighted by atomic mass is 10.0. The summed E-state index contributed by atoms with van der Waals surface area (Å²) in [5.74, 6) is -1.98. The van der Waals surface area contributed by atoms with Gasteiger partial charge in [-0.25, -0.2) is 0 Å². The molecule has 0 saturated carbocycles. The molecule has 2 N–H and O–H groups in total. The Morgan fingerprint density at radius 3 is 2.83 bits per heavy atom. The minimum atomic E-state index is -0.959. The van der Waals surface area contributed by atoms with E-state index in [1.807, 2.05) is 0 Å². The summed E-state index contributed by atoms with van der Waals surface area (Å²) in [6.07, 6.45) is 0. The van der Waals surface area contributed by atoms with Gasteiger partial charge < -0.3 is 15.2 Å². The first-order chi connectivity index (χ1) is 8.49. The molecule has 1 aromatic rings. The number of ether oxygens (including phenoxy) is 1. The number of carboxylic acid groups (broad SMARTS) is 1. The molecule has 0 spiro atoms. The Labute approximate surface area is 104 Å². The zero-order chi connectivity index (χ0) is 13.3. The molecule has 0 aromatic carbocycles. The molecule has 18 heavy (non-hydrogen) atoms. The Bertz CT molecular complexity index is 483. The number of aromatic nitrogens is 2. The number of rotatable bonds is 3. The zero-order valence-electron chi connectivity index (χ0n) is 10.2. The summed E-state index contributed by atoms with van der Waals surface area (Å²) in [4.78, 5) is 22.9. The number of aryl methyl sites for hydroxylation is 2. The summed E-state index contributed by atoms with van der Waals surface area (Å²) < 4.78 is 6.55. The van der Waals surface area contributed by atoms with Crippen molar-refractivity contribution in [3.8, 4) is 0 Å². The van der Waals surface area contributed by atoms with E-state index >= 15 is 0 Å². The zero-order valence-corrected chi connectivity index (χ0v) is 10.2. The van der Waals surface area contributed by atoms with Crippen LogP contribution in [0.25, 0.3) is 0 Å². The van der Waals surface area contributed by atoms with Crippen LogP contribution in [0.5, 0.6) is 0 Å². The molecule has 2 atom stereocenters. The molecule has 1 fully saturated rings. The third-order valence-electron chi connectivity index (χ3n) is 2.95. The molecule has 1 saturated heterocycles. The van der Waals surface area contributed by atoms with Crippen molar-refractivity contribution in [2.75, 3.05) is 13.2 Å². The van der Waals surface area contributed by atoms with Gasteiger partial charge in [0.25, 0.3) is 5.91 Å². The van der Waals surface area contributed by atoms with Gasteiger partial charge in [-0.3, -0.25) is 14.3 Å². The molecule has 0 bridgehead atoms. The number of hydrogen-bond donors (Lipinski definition) is 2. The SMILES string of the molecule is Cc1cc(C(=O)NC2COCC2C(=O)O)n(C)n1. The van der Waals surface area contributed by atoms with Crippen molar-refractivity contribution >= 4 is 11.9 Å². The van der Waals surface area contributed by atoms with Crippen LogP contribution < -0.4 is 5.32 Å². The van der Waals surface area contributed by atoms with Crippen LogP contribution in [-0.4, -0.2) is 46.0 Å². The van der Waals surface area contributed by atoms with Crippen LogP contribution in [0.15, 0.2) is 6.07 Å². The predicted molar refractivity (Wildman–Crippen MR) is 61.1 cm³/mol. The summed E-state index contributed by atoms with van der Waals surface area (Å²) in [6.45, 7) is 2.14. The first kappa shape index (κ1) is 12.6. The molecular weight excluding hydrogens is 238 g/mol. The van der Waals surface area contributed by atoms with Gasteiger partial charge in [0, 0.05) is 7.05 Å². The maximum Gasteiger partial charge on any atom is 0.311 e. The third-order valence-corrected chi connectivity index (χ3v) is 2.95. The molecule has 1 amide bonds. The van der Waals surface area contributed by atoms with Gasteiger partial charge >= 0.3 is 5.97 Å². The van der Waals surface area contributed by atoms with Gasteiger partial charge in [-0.15, -0.1) is 0 Å². The van der Waals surface area contributed by atoms with E-state index in [4.69, 9.17) is 9.84 Å². The van der Waals surface area contributed by atoms with E-state index in [0.29, 0.717) is 5.69 Å². The molecule has 98 valence electrons. The number of nitrogens with one attached hydrogen (secondary N) is 1. The second-order valence-electron chi connectivity index (χ2n) is 4.36. The predicted octanol–water partition coefficient (Wildman–Crippen LogP) is -0.442. The van der Waals surface area contributed by atoms with Crippen molar-refractivity contribution in [3.63, 3.8) is 0 Å². The molecule has 7 heteroatoms. The normalized spacial score (nSPS) is 23.0. The molecule has 1 aliphatic heterocycles. The fourth-order valence-corrected chi connectivity index (χ4v) is 2.01. The number of carbonyl (C=O) groups excluding carboxylic acids is 1. The minimum Gasteiger partial charge on any atom is -0.481 e. The third kappa shape index (κ3) is 2.35. The van der Waals surface area contributed by atoms with Crippen molar-refractivity contribution in [1.82, 2.24) is 15.1 Å². The molecule has 2 heterocycles. The minimum absolute atomic E-state index is 0.130. The number of nitrogens with zero attached hydrogens (tertiary/aromatic N) is 2. The molecule has 7 nitrogen and oxygen atoms in total. The van der Waals surface area contributed by atoms with Crippen molar-refractivity contribution in [2.24, 2.45) is 13.0 Å². The average Bonchev–Trinajstić information content (AvgIpc) is 2.85. The Morgan fingerprint density at radius 2 is 2.28 bits per heavy atom. The molecule has 0 radical (unpaired) electrons. The highest BCUT2D eigenvalue weighted by atomic mass is 16.5. The molecular formula is C11H15N3O4. The molecule has 0 aliphatic carbocycles. The first-order valence-electron chi connectivity index (χ1n) is 5.61. The lowest BCUT2D eigenvalue weighted by Crippen LogP contribution is -2.43. The smallest absolute Gasteiger partial charge is 0.311 e. The largest absolute Gasteiger partial charge is 0.481 e. The van der Waals surface area contributed by atoms with Gasteiger partial charge in [0.1, 0.15) is 11.6 Å². The number of carboxylic acids is 1. The van der Waals surface area contributed by atoms with Crippen molar-refractivity contribution in [3.05, 3.63) is 17.5 Å². The second-order valence-corrected chi connectivity index (χ2v) is 4.36. The van der Waals surface area contributed by atoms with Crippen molar-refractivity contribution in [2.45, 2.75) is 13.0 Å². The van der Waals surface area contributed by atoms with Gasteiger partial charge in [-0.1, -0.05) is 0 Å². The molecule has 2 rings (SSSR count). The van der Waals surface area contributed by atoms with Crippen LogP contribution in [0.4, 0.5) is 0 Å². The quantitative estimate of drug-likeness (QED) is 0.761. The molecule has 1 aromatic heterocycles. The van der Waals surface area contributed by atoms with Crippen LogP contribution in [0, 0.1) is 12.8 Å². The summed E-state index contributed by atoms with van der Waals surface area (Å²) in [7, 11) is 1.67. The highest BCUT2D eigenvalue weighted by Crippen LogP contribution is 2.14. The Balaban J connectivity index is 2.07. The number of aliphatic carboxylic acids is 1. The first-order valence-corrected chi connectivity index (χ1v) is 5.61. The van der Waals surface area contributed by atoms with E-state index in [-0.39, 0.29) is 19.1 Å². The lowest BCUT2D eigenvalue weighted by molar-refractivity contribution is -0.142. The van der Waals surface area contributed by atoms with Crippen LogP contribution in [0.1, 0.15) is 16.2 Å². The topological polar surface area (TPSA) is 93.5 Å². The number of amides is 1. The highest BCUT2D eigenvalue weighted by molar-refractivity contribution is 5.93. The summed E-state index contributed by atoms with van der Waals surface area (Å²) in [5, 5.41) is 15.7. The van der Waals surface area contributed by atoms with E-state index < -0.39 is 17.9 Å². The van der Waals surface area contributed by atoms with Gasteiger partial charge in [-0.2, -0.15) is 5.10 Å². The van der Waals surface area contributed by atoms with Crippen LogP contribution in [-0.2, 0) is 16.6 Å². The molecule has 2 unspecified atom stereocenters. The Kier molecular flexibility index (Phi) is 3.33. The average molecular weight is 253 g/mol.